The summed E-state index contributed by atoms with van der Waals surface area (Å²) >= 11 is 1.51. The van der Waals surface area contributed by atoms with Crippen LogP contribution in [0.1, 0.15) is 61.0 Å². The molecule has 4 nitrogen and oxygen atoms in total. The van der Waals surface area contributed by atoms with Crippen LogP contribution in [0.2, 0.25) is 0 Å². The first-order chi connectivity index (χ1) is 15.4. The summed E-state index contributed by atoms with van der Waals surface area (Å²) < 4.78 is 28.1. The van der Waals surface area contributed by atoms with E-state index < -0.39 is 5.92 Å². The highest BCUT2D eigenvalue weighted by Gasteiger charge is 2.51. The molecule has 32 heavy (non-hydrogen) atoms. The molecule has 5 aliphatic rings. The normalized spacial score (nSPS) is 30.8. The van der Waals surface area contributed by atoms with Crippen LogP contribution in [0, 0.1) is 5.92 Å². The van der Waals surface area contributed by atoms with Gasteiger partial charge in [0.05, 0.1) is 4.88 Å². The molecule has 1 aromatic heterocycles. The molecule has 172 valence electrons. The van der Waals surface area contributed by atoms with Crippen LogP contribution in [-0.2, 0) is 0 Å². The van der Waals surface area contributed by atoms with Crippen LogP contribution in [0.3, 0.4) is 0 Å². The Morgan fingerprint density at radius 2 is 1.78 bits per heavy atom. The van der Waals surface area contributed by atoms with Gasteiger partial charge in [-0.05, 0) is 81.1 Å². The van der Waals surface area contributed by atoms with Crippen LogP contribution in [0.15, 0.2) is 24.3 Å². The van der Waals surface area contributed by atoms with Crippen molar-refractivity contribution < 1.29 is 13.6 Å². The standard InChI is InChI=1S/C25H31F2N3OS/c26-25(27)7-11-29(12-8-25)20-2-1-18-14-22(32-21(18)15-20)23(31)28-19-13-17-3-9-30(10-4-17)24(16-19)5-6-24/h1-2,14-15,17,19H,3-13,16H2,(H,28,31). The van der Waals surface area contributed by atoms with Gasteiger partial charge in [-0.25, -0.2) is 8.78 Å². The summed E-state index contributed by atoms with van der Waals surface area (Å²) in [5.74, 6) is -1.77. The van der Waals surface area contributed by atoms with E-state index in [9.17, 15) is 13.6 Å². The van der Waals surface area contributed by atoms with E-state index in [0.717, 1.165) is 39.4 Å². The number of hydrogen-bond donors (Lipinski definition) is 1. The second-order valence-corrected chi connectivity index (χ2v) is 11.5. The Morgan fingerprint density at radius 1 is 1.03 bits per heavy atom. The number of piperidine rings is 2. The summed E-state index contributed by atoms with van der Waals surface area (Å²) in [6.45, 7) is 3.22. The number of nitrogens with zero attached hydrogens (tertiary/aromatic N) is 2. The zero-order chi connectivity index (χ0) is 21.9. The fourth-order valence-corrected chi connectivity index (χ4v) is 7.17. The van der Waals surface area contributed by atoms with E-state index in [2.05, 4.69) is 16.3 Å². The van der Waals surface area contributed by atoms with Crippen molar-refractivity contribution in [3.8, 4) is 0 Å². The van der Waals surface area contributed by atoms with Gasteiger partial charge in [0.15, 0.2) is 0 Å². The van der Waals surface area contributed by atoms with E-state index in [-0.39, 0.29) is 24.8 Å². The van der Waals surface area contributed by atoms with Crippen molar-refractivity contribution >= 4 is 33.0 Å². The fraction of sp³-hybridized carbons (Fsp3) is 0.640. The molecule has 0 radical (unpaired) electrons. The Bertz CT molecular complexity index is 1020. The van der Waals surface area contributed by atoms with Crippen LogP contribution < -0.4 is 10.2 Å². The Labute approximate surface area is 191 Å². The smallest absolute Gasteiger partial charge is 0.261 e. The number of thiophene rings is 1. The van der Waals surface area contributed by atoms with Crippen LogP contribution in [-0.4, -0.2) is 54.5 Å². The molecule has 1 N–H and O–H groups in total. The second-order valence-electron chi connectivity index (χ2n) is 10.4. The van der Waals surface area contributed by atoms with Crippen molar-refractivity contribution in [1.29, 1.82) is 0 Å². The first kappa shape index (κ1) is 20.8. The van der Waals surface area contributed by atoms with Gasteiger partial charge in [-0.3, -0.25) is 9.69 Å². The van der Waals surface area contributed by atoms with Gasteiger partial charge >= 0.3 is 0 Å². The lowest BCUT2D eigenvalue weighted by atomic mass is 9.83. The summed E-state index contributed by atoms with van der Waals surface area (Å²) in [4.78, 5) is 18.6. The van der Waals surface area contributed by atoms with Crippen LogP contribution in [0.25, 0.3) is 10.1 Å². The molecule has 1 spiro atoms. The van der Waals surface area contributed by atoms with Crippen molar-refractivity contribution in [2.75, 3.05) is 31.1 Å². The monoisotopic (exact) mass is 459 g/mol. The SMILES string of the molecule is O=C(NC1CC2CCN(CC2)C2(CC2)C1)c1cc2ccc(N3CCC(F)(F)CC3)cc2s1. The number of fused-ring (bicyclic) bond motifs is 5. The summed E-state index contributed by atoms with van der Waals surface area (Å²) in [6, 6.07) is 8.31. The minimum atomic E-state index is -2.54. The van der Waals surface area contributed by atoms with Crippen molar-refractivity contribution in [3.63, 3.8) is 0 Å². The molecule has 1 aliphatic carbocycles. The number of halogens is 2. The van der Waals surface area contributed by atoms with E-state index in [1.165, 1.54) is 50.1 Å². The lowest BCUT2D eigenvalue weighted by molar-refractivity contribution is -0.0220. The zero-order valence-electron chi connectivity index (χ0n) is 18.4. The Hall–Kier alpha value is -1.73. The Morgan fingerprint density at radius 3 is 2.50 bits per heavy atom. The molecule has 1 atom stereocenters. The molecule has 1 unspecified atom stereocenters. The average Bonchev–Trinajstić information content (AvgIpc) is 3.42. The lowest BCUT2D eigenvalue weighted by Gasteiger charge is -2.44. The van der Waals surface area contributed by atoms with Crippen molar-refractivity contribution in [1.82, 2.24) is 10.2 Å². The van der Waals surface area contributed by atoms with Crippen LogP contribution in [0.4, 0.5) is 14.5 Å². The molecular formula is C25H31F2N3OS. The maximum atomic E-state index is 13.5. The summed E-state index contributed by atoms with van der Waals surface area (Å²) in [7, 11) is 0. The number of carbonyl (C=O) groups is 1. The predicted molar refractivity (Wildman–Crippen MR) is 125 cm³/mol. The number of benzene rings is 1. The van der Waals surface area contributed by atoms with E-state index >= 15 is 0 Å². The zero-order valence-corrected chi connectivity index (χ0v) is 19.2. The second kappa shape index (κ2) is 7.66. The van der Waals surface area contributed by atoms with E-state index in [0.29, 0.717) is 18.6 Å². The topological polar surface area (TPSA) is 35.6 Å². The first-order valence-electron chi connectivity index (χ1n) is 12.1. The van der Waals surface area contributed by atoms with Gasteiger partial charge in [0.1, 0.15) is 0 Å². The predicted octanol–water partition coefficient (Wildman–Crippen LogP) is 5.27. The highest BCUT2D eigenvalue weighted by atomic mass is 32.1. The largest absolute Gasteiger partial charge is 0.371 e. The Kier molecular flexibility index (Phi) is 4.99. The number of anilines is 1. The van der Waals surface area contributed by atoms with Crippen molar-refractivity contribution in [3.05, 3.63) is 29.1 Å². The van der Waals surface area contributed by atoms with Crippen molar-refractivity contribution in [2.24, 2.45) is 5.92 Å². The Balaban J connectivity index is 1.17. The maximum Gasteiger partial charge on any atom is 0.261 e. The number of carbonyl (C=O) groups excluding carboxylic acids is 1. The molecule has 5 fully saturated rings. The molecule has 4 saturated heterocycles. The molecule has 2 aromatic rings. The molecular weight excluding hydrogens is 428 g/mol. The molecule has 1 saturated carbocycles. The highest BCUT2D eigenvalue weighted by Crippen LogP contribution is 2.49. The summed E-state index contributed by atoms with van der Waals surface area (Å²) in [6.07, 6.45) is 7.09. The van der Waals surface area contributed by atoms with Crippen molar-refractivity contribution in [2.45, 2.75) is 68.9 Å². The number of amides is 1. The molecule has 5 heterocycles. The highest BCUT2D eigenvalue weighted by molar-refractivity contribution is 7.20. The van der Waals surface area contributed by atoms with Gasteiger partial charge < -0.3 is 10.2 Å². The molecule has 1 aromatic carbocycles. The van der Waals surface area contributed by atoms with Gasteiger partial charge in [-0.1, -0.05) is 6.07 Å². The van der Waals surface area contributed by atoms with Gasteiger partial charge in [0.25, 0.3) is 11.8 Å². The number of nitrogens with one attached hydrogen (secondary N) is 1. The minimum Gasteiger partial charge on any atom is -0.371 e. The molecule has 2 bridgehead atoms. The number of hydrogen-bond acceptors (Lipinski definition) is 4. The summed E-state index contributed by atoms with van der Waals surface area (Å²) in [5, 5.41) is 4.43. The quantitative estimate of drug-likeness (QED) is 0.679. The average molecular weight is 460 g/mol. The minimum absolute atomic E-state index is 0.0395. The van der Waals surface area contributed by atoms with Gasteiger partial charge in [-0.15, -0.1) is 11.3 Å². The van der Waals surface area contributed by atoms with E-state index in [4.69, 9.17) is 0 Å². The number of alkyl halides is 2. The maximum absolute atomic E-state index is 13.5. The third kappa shape index (κ3) is 3.92. The molecule has 1 amide bonds. The van der Waals surface area contributed by atoms with Crippen LogP contribution >= 0.6 is 11.3 Å². The lowest BCUT2D eigenvalue weighted by Crippen LogP contribution is -2.51. The summed E-state index contributed by atoms with van der Waals surface area (Å²) in [5.41, 5.74) is 1.33. The van der Waals surface area contributed by atoms with Crippen LogP contribution in [0.5, 0.6) is 0 Å². The van der Waals surface area contributed by atoms with E-state index in [1.807, 2.05) is 23.1 Å². The van der Waals surface area contributed by atoms with E-state index in [1.54, 1.807) is 0 Å². The molecule has 4 aliphatic heterocycles. The first-order valence-corrected chi connectivity index (χ1v) is 12.9. The third-order valence-electron chi connectivity index (χ3n) is 8.28. The van der Waals surface area contributed by atoms with Gasteiger partial charge in [-0.2, -0.15) is 0 Å². The third-order valence-corrected chi connectivity index (χ3v) is 9.38. The van der Waals surface area contributed by atoms with Gasteiger partial charge in [0, 0.05) is 47.9 Å². The number of rotatable bonds is 3. The van der Waals surface area contributed by atoms with Gasteiger partial charge in [0.2, 0.25) is 0 Å². The fourth-order valence-electron chi connectivity index (χ4n) is 6.17. The molecule has 7 heteroatoms. The molecule has 7 rings (SSSR count).